The highest BCUT2D eigenvalue weighted by atomic mass is 35.5. The number of hydrogen-bond acceptors (Lipinski definition) is 6. The Kier molecular flexibility index (Phi) is 4.90. The summed E-state index contributed by atoms with van der Waals surface area (Å²) in [4.78, 5) is 13.5. The standard InChI is InChI=1S/C16H15ClF3N5O/c1-9(10-3-5-21-6-4-10)23-13-12(17)7-11(8-22-13)14-24-26-15(25(14)2)16(18,19)20/h3-9,15H,1-2H3,(H,22,23). The van der Waals surface area contributed by atoms with E-state index in [9.17, 15) is 13.2 Å². The second kappa shape index (κ2) is 6.99. The van der Waals surface area contributed by atoms with Crippen LogP contribution < -0.4 is 5.32 Å². The second-order valence-electron chi connectivity index (χ2n) is 5.73. The molecule has 2 atom stereocenters. The first-order chi connectivity index (χ1) is 12.3. The molecule has 6 nitrogen and oxygen atoms in total. The molecule has 0 aromatic carbocycles. The maximum absolute atomic E-state index is 12.9. The van der Waals surface area contributed by atoms with Crippen molar-refractivity contribution in [3.8, 4) is 0 Å². The van der Waals surface area contributed by atoms with Crippen molar-refractivity contribution in [2.45, 2.75) is 25.4 Å². The van der Waals surface area contributed by atoms with Crippen LogP contribution in [0.25, 0.3) is 0 Å². The predicted octanol–water partition coefficient (Wildman–Crippen LogP) is 3.82. The Balaban J connectivity index is 1.76. The number of amidine groups is 1. The van der Waals surface area contributed by atoms with Crippen LogP contribution in [0.2, 0.25) is 5.02 Å². The summed E-state index contributed by atoms with van der Waals surface area (Å²) in [6, 6.07) is 5.12. The summed E-state index contributed by atoms with van der Waals surface area (Å²) in [5.41, 5.74) is 1.31. The molecule has 10 heteroatoms. The smallest absolute Gasteiger partial charge is 0.362 e. The summed E-state index contributed by atoms with van der Waals surface area (Å²) in [6.45, 7) is 1.93. The number of rotatable bonds is 4. The Hall–Kier alpha value is -2.55. The number of halogens is 4. The van der Waals surface area contributed by atoms with Gasteiger partial charge in [-0.2, -0.15) is 13.2 Å². The number of aromatic nitrogens is 2. The van der Waals surface area contributed by atoms with Crippen molar-refractivity contribution in [2.24, 2.45) is 5.16 Å². The van der Waals surface area contributed by atoms with Gasteiger partial charge in [0.2, 0.25) is 0 Å². The van der Waals surface area contributed by atoms with E-state index in [1.807, 2.05) is 19.1 Å². The van der Waals surface area contributed by atoms with Gasteiger partial charge in [0.15, 0.2) is 5.84 Å². The molecule has 3 heterocycles. The molecule has 3 rings (SSSR count). The molecular formula is C16H15ClF3N5O. The average Bonchev–Trinajstić information content (AvgIpc) is 2.99. The minimum atomic E-state index is -4.56. The Morgan fingerprint density at radius 3 is 2.58 bits per heavy atom. The van der Waals surface area contributed by atoms with E-state index in [0.29, 0.717) is 11.4 Å². The largest absolute Gasteiger partial charge is 0.448 e. The van der Waals surface area contributed by atoms with Crippen LogP contribution in [0.15, 0.2) is 41.9 Å². The van der Waals surface area contributed by atoms with Crippen LogP contribution in [0.1, 0.15) is 24.1 Å². The molecule has 1 N–H and O–H groups in total. The van der Waals surface area contributed by atoms with Crippen LogP contribution in [0, 0.1) is 0 Å². The average molecular weight is 386 g/mol. The molecule has 0 saturated heterocycles. The van der Waals surface area contributed by atoms with E-state index < -0.39 is 12.4 Å². The van der Waals surface area contributed by atoms with E-state index >= 15 is 0 Å². The van der Waals surface area contributed by atoms with E-state index in [2.05, 4.69) is 25.3 Å². The van der Waals surface area contributed by atoms with Crippen LogP contribution in [0.5, 0.6) is 0 Å². The molecule has 0 spiro atoms. The Labute approximate surface area is 152 Å². The lowest BCUT2D eigenvalue weighted by atomic mass is 10.1. The molecule has 2 aromatic heterocycles. The van der Waals surface area contributed by atoms with Crippen LogP contribution in [0.3, 0.4) is 0 Å². The quantitative estimate of drug-likeness (QED) is 0.867. The van der Waals surface area contributed by atoms with E-state index in [-0.39, 0.29) is 16.9 Å². The van der Waals surface area contributed by atoms with Crippen molar-refractivity contribution in [2.75, 3.05) is 12.4 Å². The van der Waals surface area contributed by atoms with Gasteiger partial charge in [0.25, 0.3) is 6.23 Å². The lowest BCUT2D eigenvalue weighted by molar-refractivity contribution is -0.241. The molecule has 0 aliphatic carbocycles. The SMILES string of the molecule is CC(Nc1ncc(C2=NOC(C(F)(F)F)N2C)cc1Cl)c1ccncc1. The van der Waals surface area contributed by atoms with Crippen LogP contribution in [-0.2, 0) is 4.84 Å². The molecule has 2 aromatic rings. The monoisotopic (exact) mass is 385 g/mol. The van der Waals surface area contributed by atoms with E-state index in [0.717, 1.165) is 10.5 Å². The highest BCUT2D eigenvalue weighted by Gasteiger charge is 2.49. The van der Waals surface area contributed by atoms with Crippen molar-refractivity contribution in [3.05, 3.63) is 52.9 Å². The number of nitrogens with one attached hydrogen (secondary N) is 1. The summed E-state index contributed by atoms with van der Waals surface area (Å²) < 4.78 is 38.6. The first-order valence-corrected chi connectivity index (χ1v) is 8.01. The molecule has 26 heavy (non-hydrogen) atoms. The summed E-state index contributed by atoms with van der Waals surface area (Å²) >= 11 is 6.24. The number of hydrogen-bond donors (Lipinski definition) is 1. The number of alkyl halides is 3. The topological polar surface area (TPSA) is 62.6 Å². The number of pyridine rings is 2. The zero-order valence-electron chi connectivity index (χ0n) is 13.8. The van der Waals surface area contributed by atoms with Crippen LogP contribution in [0.4, 0.5) is 19.0 Å². The summed E-state index contributed by atoms with van der Waals surface area (Å²) in [6.07, 6.45) is -1.93. The second-order valence-corrected chi connectivity index (χ2v) is 6.13. The lowest BCUT2D eigenvalue weighted by Gasteiger charge is -2.22. The van der Waals surface area contributed by atoms with Crippen molar-refractivity contribution in [3.63, 3.8) is 0 Å². The fourth-order valence-electron chi connectivity index (χ4n) is 2.49. The van der Waals surface area contributed by atoms with E-state index in [4.69, 9.17) is 11.6 Å². The number of oxime groups is 1. The number of nitrogens with zero attached hydrogens (tertiary/aromatic N) is 4. The van der Waals surface area contributed by atoms with Gasteiger partial charge in [-0.1, -0.05) is 16.8 Å². The molecule has 1 aliphatic heterocycles. The van der Waals surface area contributed by atoms with Gasteiger partial charge < -0.3 is 15.1 Å². The van der Waals surface area contributed by atoms with Gasteiger partial charge in [0.1, 0.15) is 5.82 Å². The third kappa shape index (κ3) is 3.67. The molecule has 138 valence electrons. The van der Waals surface area contributed by atoms with Gasteiger partial charge in [0.05, 0.1) is 11.1 Å². The minimum absolute atomic E-state index is 0.00968. The van der Waals surface area contributed by atoms with E-state index in [1.54, 1.807) is 12.4 Å². The summed E-state index contributed by atoms with van der Waals surface area (Å²) in [5, 5.41) is 6.92. The molecule has 1 aliphatic rings. The third-order valence-corrected chi connectivity index (χ3v) is 4.15. The highest BCUT2D eigenvalue weighted by Crippen LogP contribution is 2.31. The van der Waals surface area contributed by atoms with Crippen LogP contribution >= 0.6 is 11.6 Å². The maximum atomic E-state index is 12.9. The Morgan fingerprint density at radius 2 is 2.00 bits per heavy atom. The van der Waals surface area contributed by atoms with E-state index in [1.165, 1.54) is 19.3 Å². The van der Waals surface area contributed by atoms with Crippen molar-refractivity contribution >= 4 is 23.3 Å². The Morgan fingerprint density at radius 1 is 1.31 bits per heavy atom. The predicted molar refractivity (Wildman–Crippen MR) is 90.7 cm³/mol. The summed E-state index contributed by atoms with van der Waals surface area (Å²) in [5.74, 6) is 0.421. The molecule has 0 amide bonds. The van der Waals surface area contributed by atoms with Gasteiger partial charge >= 0.3 is 6.18 Å². The van der Waals surface area contributed by atoms with Crippen molar-refractivity contribution in [1.82, 2.24) is 14.9 Å². The minimum Gasteiger partial charge on any atom is -0.362 e. The van der Waals surface area contributed by atoms with Crippen LogP contribution in [-0.4, -0.2) is 40.2 Å². The third-order valence-electron chi connectivity index (χ3n) is 3.86. The maximum Gasteiger partial charge on any atom is 0.448 e. The molecular weight excluding hydrogens is 371 g/mol. The summed E-state index contributed by atoms with van der Waals surface area (Å²) in [7, 11) is 1.25. The zero-order valence-corrected chi connectivity index (χ0v) is 14.6. The Bertz CT molecular complexity index is 815. The number of anilines is 1. The fraction of sp³-hybridized carbons (Fsp3) is 0.312. The van der Waals surface area contributed by atoms with Gasteiger partial charge in [-0.25, -0.2) is 4.98 Å². The molecule has 0 saturated carbocycles. The first kappa shape index (κ1) is 18.2. The van der Waals surface area contributed by atoms with Gasteiger partial charge in [-0.05, 0) is 30.7 Å². The fourth-order valence-corrected chi connectivity index (χ4v) is 2.71. The van der Waals surface area contributed by atoms with Crippen molar-refractivity contribution < 1.29 is 18.0 Å². The molecule has 0 radical (unpaired) electrons. The molecule has 0 fully saturated rings. The lowest BCUT2D eigenvalue weighted by Crippen LogP contribution is -2.43. The van der Waals surface area contributed by atoms with Gasteiger partial charge in [0, 0.05) is 31.2 Å². The first-order valence-electron chi connectivity index (χ1n) is 7.63. The normalized spacial score (nSPS) is 18.3. The van der Waals surface area contributed by atoms with Gasteiger partial charge in [-0.15, -0.1) is 0 Å². The molecule has 0 bridgehead atoms. The van der Waals surface area contributed by atoms with Crippen molar-refractivity contribution in [1.29, 1.82) is 0 Å². The highest BCUT2D eigenvalue weighted by molar-refractivity contribution is 6.33. The zero-order chi connectivity index (χ0) is 18.9. The molecule has 2 unspecified atom stereocenters. The van der Waals surface area contributed by atoms with Gasteiger partial charge in [-0.3, -0.25) is 4.98 Å².